The maximum absolute atomic E-state index is 12.3. The Morgan fingerprint density at radius 1 is 1.63 bits per heavy atom. The Kier molecular flexibility index (Phi) is 4.01. The molecule has 1 aromatic rings. The molecule has 1 aliphatic carbocycles. The van der Waals surface area contributed by atoms with Gasteiger partial charge in [0.05, 0.1) is 22.3 Å². The summed E-state index contributed by atoms with van der Waals surface area (Å²) in [6.45, 7) is 5.89. The van der Waals surface area contributed by atoms with E-state index in [0.717, 1.165) is 18.5 Å². The lowest BCUT2D eigenvalue weighted by Gasteiger charge is -2.28. The topological polar surface area (TPSA) is 78.0 Å². The first kappa shape index (κ1) is 14.5. The highest BCUT2D eigenvalue weighted by Crippen LogP contribution is 2.39. The summed E-state index contributed by atoms with van der Waals surface area (Å²) >= 11 is 3.42. The Morgan fingerprint density at radius 2 is 2.26 bits per heavy atom. The van der Waals surface area contributed by atoms with Crippen LogP contribution < -0.4 is 5.32 Å². The molecule has 0 radical (unpaired) electrons. The van der Waals surface area contributed by atoms with Crippen molar-refractivity contribution >= 4 is 21.8 Å². The van der Waals surface area contributed by atoms with E-state index in [1.807, 2.05) is 20.8 Å². The van der Waals surface area contributed by atoms with Gasteiger partial charge in [-0.3, -0.25) is 9.89 Å². The van der Waals surface area contributed by atoms with Crippen LogP contribution in [0.25, 0.3) is 0 Å². The number of carbonyl (C=O) groups excluding carboxylic acids is 1. The summed E-state index contributed by atoms with van der Waals surface area (Å²) in [7, 11) is 0. The Balaban J connectivity index is 2.16. The number of aromatic nitrogens is 2. The van der Waals surface area contributed by atoms with E-state index in [-0.39, 0.29) is 18.4 Å². The fraction of sp³-hybridized carbons (Fsp3) is 0.692. The van der Waals surface area contributed by atoms with Crippen molar-refractivity contribution in [1.29, 1.82) is 0 Å². The van der Waals surface area contributed by atoms with E-state index in [1.54, 1.807) is 0 Å². The van der Waals surface area contributed by atoms with Crippen molar-refractivity contribution in [2.45, 2.75) is 45.1 Å². The van der Waals surface area contributed by atoms with Crippen molar-refractivity contribution in [2.24, 2.45) is 5.92 Å². The van der Waals surface area contributed by atoms with Crippen LogP contribution >= 0.6 is 15.9 Å². The lowest BCUT2D eigenvalue weighted by Crippen LogP contribution is -2.50. The number of hydrogen-bond donors (Lipinski definition) is 3. The average molecular weight is 330 g/mol. The molecule has 1 aromatic heterocycles. The van der Waals surface area contributed by atoms with Gasteiger partial charge in [0.2, 0.25) is 0 Å². The molecule has 19 heavy (non-hydrogen) atoms. The second kappa shape index (κ2) is 5.25. The Labute approximate surface area is 121 Å². The Morgan fingerprint density at radius 3 is 2.68 bits per heavy atom. The van der Waals surface area contributed by atoms with E-state index in [2.05, 4.69) is 31.4 Å². The van der Waals surface area contributed by atoms with Crippen molar-refractivity contribution in [3.63, 3.8) is 0 Å². The molecule has 1 heterocycles. The standard InChI is InChI=1S/C13H20BrN3O2/c1-7(2)10-9(14)11(17-16-10)12(19)15-13(3,6-18)8-4-5-8/h7-8,18H,4-6H2,1-3H3,(H,15,19)(H,16,17). The number of aliphatic hydroxyl groups is 1. The number of H-pyrrole nitrogens is 1. The van der Waals surface area contributed by atoms with Gasteiger partial charge in [0.1, 0.15) is 0 Å². The van der Waals surface area contributed by atoms with Crippen LogP contribution in [0.4, 0.5) is 0 Å². The van der Waals surface area contributed by atoms with Crippen LogP contribution in [0.5, 0.6) is 0 Å². The third kappa shape index (κ3) is 2.84. The van der Waals surface area contributed by atoms with E-state index in [9.17, 15) is 9.90 Å². The van der Waals surface area contributed by atoms with Crippen LogP contribution in [-0.4, -0.2) is 33.4 Å². The predicted molar refractivity (Wildman–Crippen MR) is 76.1 cm³/mol. The molecule has 5 nitrogen and oxygen atoms in total. The summed E-state index contributed by atoms with van der Waals surface area (Å²) in [5.41, 5.74) is 0.708. The molecule has 0 saturated heterocycles. The lowest BCUT2D eigenvalue weighted by molar-refractivity contribution is 0.0818. The number of hydrogen-bond acceptors (Lipinski definition) is 3. The highest BCUT2D eigenvalue weighted by molar-refractivity contribution is 9.10. The van der Waals surface area contributed by atoms with Crippen LogP contribution in [0.1, 0.15) is 55.7 Å². The summed E-state index contributed by atoms with van der Waals surface area (Å²) in [5, 5.41) is 19.4. The van der Waals surface area contributed by atoms with E-state index in [1.165, 1.54) is 0 Å². The van der Waals surface area contributed by atoms with Crippen molar-refractivity contribution in [3.05, 3.63) is 15.9 Å². The molecule has 1 atom stereocenters. The highest BCUT2D eigenvalue weighted by atomic mass is 79.9. The van der Waals surface area contributed by atoms with Crippen molar-refractivity contribution in [1.82, 2.24) is 15.5 Å². The molecule has 0 aliphatic heterocycles. The Hall–Kier alpha value is -0.880. The van der Waals surface area contributed by atoms with Gasteiger partial charge in [-0.05, 0) is 47.5 Å². The molecular weight excluding hydrogens is 310 g/mol. The quantitative estimate of drug-likeness (QED) is 0.774. The van der Waals surface area contributed by atoms with Gasteiger partial charge in [-0.1, -0.05) is 13.8 Å². The van der Waals surface area contributed by atoms with E-state index < -0.39 is 5.54 Å². The van der Waals surface area contributed by atoms with Crippen molar-refractivity contribution in [2.75, 3.05) is 6.61 Å². The van der Waals surface area contributed by atoms with Gasteiger partial charge in [0.15, 0.2) is 5.69 Å². The molecule has 0 bridgehead atoms. The van der Waals surface area contributed by atoms with E-state index in [0.29, 0.717) is 16.1 Å². The number of halogens is 1. The van der Waals surface area contributed by atoms with Crippen LogP contribution in [0.2, 0.25) is 0 Å². The van der Waals surface area contributed by atoms with Gasteiger partial charge in [0.25, 0.3) is 5.91 Å². The van der Waals surface area contributed by atoms with Gasteiger partial charge in [-0.25, -0.2) is 0 Å². The number of nitrogens with one attached hydrogen (secondary N) is 2. The normalized spacial score (nSPS) is 18.4. The third-order valence-electron chi connectivity index (χ3n) is 3.73. The number of rotatable bonds is 5. The number of nitrogens with zero attached hydrogens (tertiary/aromatic N) is 1. The molecular formula is C13H20BrN3O2. The average Bonchev–Trinajstić information content (AvgIpc) is 3.12. The number of amides is 1. The first-order valence-corrected chi connectivity index (χ1v) is 7.35. The molecule has 1 aliphatic rings. The van der Waals surface area contributed by atoms with Gasteiger partial charge in [0, 0.05) is 0 Å². The van der Waals surface area contributed by atoms with E-state index >= 15 is 0 Å². The van der Waals surface area contributed by atoms with Crippen molar-refractivity contribution < 1.29 is 9.90 Å². The number of aromatic amines is 1. The minimum Gasteiger partial charge on any atom is -0.394 e. The first-order valence-electron chi connectivity index (χ1n) is 6.56. The molecule has 106 valence electrons. The molecule has 1 fully saturated rings. The minimum absolute atomic E-state index is 0.0531. The van der Waals surface area contributed by atoms with Gasteiger partial charge in [-0.15, -0.1) is 0 Å². The zero-order chi connectivity index (χ0) is 14.2. The Bertz CT molecular complexity index is 482. The maximum Gasteiger partial charge on any atom is 0.273 e. The van der Waals surface area contributed by atoms with Crippen molar-refractivity contribution in [3.8, 4) is 0 Å². The smallest absolute Gasteiger partial charge is 0.273 e. The minimum atomic E-state index is -0.548. The maximum atomic E-state index is 12.3. The van der Waals surface area contributed by atoms with Crippen LogP contribution in [-0.2, 0) is 0 Å². The SMILES string of the molecule is CC(C)c1[nH]nc(C(=O)NC(C)(CO)C2CC2)c1Br. The van der Waals surface area contributed by atoms with Crippen LogP contribution in [0, 0.1) is 5.92 Å². The van der Waals surface area contributed by atoms with E-state index in [4.69, 9.17) is 0 Å². The fourth-order valence-electron chi connectivity index (χ4n) is 2.18. The summed E-state index contributed by atoms with van der Waals surface area (Å²) in [6, 6.07) is 0. The second-order valence-corrected chi connectivity index (χ2v) is 6.55. The monoisotopic (exact) mass is 329 g/mol. The largest absolute Gasteiger partial charge is 0.394 e. The van der Waals surface area contributed by atoms with Crippen LogP contribution in [0.3, 0.4) is 0 Å². The summed E-state index contributed by atoms with van der Waals surface area (Å²) in [5.74, 6) is 0.373. The molecule has 3 N–H and O–H groups in total. The van der Waals surface area contributed by atoms with Gasteiger partial charge >= 0.3 is 0 Å². The van der Waals surface area contributed by atoms with Crippen LogP contribution in [0.15, 0.2) is 4.47 Å². The molecule has 1 amide bonds. The molecule has 2 rings (SSSR count). The molecule has 0 spiro atoms. The number of carbonyl (C=O) groups is 1. The molecule has 6 heteroatoms. The molecule has 1 saturated carbocycles. The first-order chi connectivity index (χ1) is 8.89. The molecule has 0 aromatic carbocycles. The second-order valence-electron chi connectivity index (χ2n) is 5.76. The lowest BCUT2D eigenvalue weighted by atomic mass is 9.97. The third-order valence-corrected chi connectivity index (χ3v) is 4.53. The molecule has 1 unspecified atom stereocenters. The van der Waals surface area contributed by atoms with Gasteiger partial charge < -0.3 is 10.4 Å². The predicted octanol–water partition coefficient (Wildman–Crippen LogP) is 2.19. The summed E-state index contributed by atoms with van der Waals surface area (Å²) < 4.78 is 0.705. The summed E-state index contributed by atoms with van der Waals surface area (Å²) in [6.07, 6.45) is 2.10. The summed E-state index contributed by atoms with van der Waals surface area (Å²) in [4.78, 5) is 12.3. The fourth-order valence-corrected chi connectivity index (χ4v) is 3.00. The highest BCUT2D eigenvalue weighted by Gasteiger charge is 2.42. The zero-order valence-electron chi connectivity index (χ0n) is 11.5. The number of aliphatic hydroxyl groups excluding tert-OH is 1. The van der Waals surface area contributed by atoms with Gasteiger partial charge in [-0.2, -0.15) is 5.10 Å². The zero-order valence-corrected chi connectivity index (χ0v) is 13.0.